The fourth-order valence-electron chi connectivity index (χ4n) is 2.48. The van der Waals surface area contributed by atoms with Crippen LogP contribution in [0, 0.1) is 12.7 Å². The molecule has 1 amide bonds. The van der Waals surface area contributed by atoms with E-state index in [0.29, 0.717) is 21.2 Å². The third kappa shape index (κ3) is 4.10. The summed E-state index contributed by atoms with van der Waals surface area (Å²) < 4.78 is 40.6. The van der Waals surface area contributed by atoms with Crippen LogP contribution in [0.4, 0.5) is 18.9 Å². The molecule has 0 fully saturated rings. The number of hydrogen-bond acceptors (Lipinski definition) is 3. The second-order valence-corrected chi connectivity index (χ2v) is 7.51. The number of amides is 1. The number of alkyl halides is 2. The summed E-state index contributed by atoms with van der Waals surface area (Å²) in [5, 5.41) is 3.28. The molecule has 0 aliphatic heterocycles. The Kier molecular flexibility index (Phi) is 5.74. The van der Waals surface area contributed by atoms with Crippen molar-refractivity contribution in [2.24, 2.45) is 0 Å². The standard InChI is InChI=1S/C18H11Cl2F3N2OS/c1-8-24-15(17(22)23)16(27-8)18(26)25-14-10(3-2-4-13(14)21)9-5-6-11(19)12(20)7-9/h2-7,17H,1H3,(H,25,26). The summed E-state index contributed by atoms with van der Waals surface area (Å²) in [5.74, 6) is -1.57. The third-order valence-electron chi connectivity index (χ3n) is 3.66. The normalized spacial score (nSPS) is 11.1. The first-order valence-electron chi connectivity index (χ1n) is 7.58. The molecule has 3 rings (SSSR count). The Bertz CT molecular complexity index is 1020. The lowest BCUT2D eigenvalue weighted by Gasteiger charge is -2.13. The number of thiazole rings is 1. The van der Waals surface area contributed by atoms with Gasteiger partial charge in [0, 0.05) is 5.56 Å². The lowest BCUT2D eigenvalue weighted by molar-refractivity contribution is 0.101. The van der Waals surface area contributed by atoms with Gasteiger partial charge in [-0.3, -0.25) is 4.79 Å². The molecule has 0 aliphatic carbocycles. The zero-order valence-electron chi connectivity index (χ0n) is 13.7. The molecule has 140 valence electrons. The first-order valence-corrected chi connectivity index (χ1v) is 9.16. The van der Waals surface area contributed by atoms with E-state index in [1.807, 2.05) is 0 Å². The van der Waals surface area contributed by atoms with Crippen LogP contribution in [0.3, 0.4) is 0 Å². The van der Waals surface area contributed by atoms with Gasteiger partial charge in [0.1, 0.15) is 16.4 Å². The van der Waals surface area contributed by atoms with E-state index in [1.165, 1.54) is 25.1 Å². The molecule has 0 unspecified atom stereocenters. The lowest BCUT2D eigenvalue weighted by atomic mass is 10.0. The number of benzene rings is 2. The van der Waals surface area contributed by atoms with Crippen molar-refractivity contribution < 1.29 is 18.0 Å². The van der Waals surface area contributed by atoms with Crippen LogP contribution in [0.15, 0.2) is 36.4 Å². The highest BCUT2D eigenvalue weighted by Crippen LogP contribution is 2.35. The smallest absolute Gasteiger partial charge is 0.282 e. The summed E-state index contributed by atoms with van der Waals surface area (Å²) in [5.41, 5.74) is 0.0742. The number of rotatable bonds is 4. The Hall–Kier alpha value is -2.09. The molecule has 9 heteroatoms. The van der Waals surface area contributed by atoms with Crippen LogP contribution in [-0.4, -0.2) is 10.9 Å². The van der Waals surface area contributed by atoms with Crippen molar-refractivity contribution in [3.05, 3.63) is 67.8 Å². The average Bonchev–Trinajstić information content (AvgIpc) is 3.01. The van der Waals surface area contributed by atoms with Gasteiger partial charge < -0.3 is 5.32 Å². The molecule has 3 aromatic rings. The van der Waals surface area contributed by atoms with E-state index in [2.05, 4.69) is 10.3 Å². The van der Waals surface area contributed by atoms with Crippen molar-refractivity contribution >= 4 is 46.1 Å². The van der Waals surface area contributed by atoms with Crippen LogP contribution in [0.25, 0.3) is 11.1 Å². The van der Waals surface area contributed by atoms with Crippen LogP contribution in [0.2, 0.25) is 10.0 Å². The Labute approximate surface area is 166 Å². The van der Waals surface area contributed by atoms with Crippen molar-refractivity contribution in [3.8, 4) is 11.1 Å². The molecule has 0 radical (unpaired) electrons. The molecule has 0 aliphatic rings. The molecule has 1 N–H and O–H groups in total. The van der Waals surface area contributed by atoms with Gasteiger partial charge >= 0.3 is 0 Å². The van der Waals surface area contributed by atoms with Crippen molar-refractivity contribution in [1.82, 2.24) is 4.98 Å². The molecule has 0 spiro atoms. The Morgan fingerprint density at radius 3 is 2.59 bits per heavy atom. The number of halogens is 5. The zero-order valence-corrected chi connectivity index (χ0v) is 16.0. The van der Waals surface area contributed by atoms with E-state index < -0.39 is 23.8 Å². The highest BCUT2D eigenvalue weighted by atomic mass is 35.5. The summed E-state index contributed by atoms with van der Waals surface area (Å²) >= 11 is 12.7. The SMILES string of the molecule is Cc1nc(C(F)F)c(C(=O)Nc2c(F)cccc2-c2ccc(Cl)c(Cl)c2)s1. The average molecular weight is 431 g/mol. The van der Waals surface area contributed by atoms with E-state index >= 15 is 0 Å². The van der Waals surface area contributed by atoms with Gasteiger partial charge in [0.15, 0.2) is 0 Å². The third-order valence-corrected chi connectivity index (χ3v) is 5.38. The maximum atomic E-state index is 14.4. The van der Waals surface area contributed by atoms with E-state index in [4.69, 9.17) is 23.2 Å². The van der Waals surface area contributed by atoms with Gasteiger partial charge in [-0.25, -0.2) is 18.2 Å². The lowest BCUT2D eigenvalue weighted by Crippen LogP contribution is -2.14. The fourth-order valence-corrected chi connectivity index (χ4v) is 3.60. The minimum absolute atomic E-state index is 0.146. The zero-order chi connectivity index (χ0) is 19.7. The van der Waals surface area contributed by atoms with Gasteiger partial charge in [-0.2, -0.15) is 0 Å². The number of aromatic nitrogens is 1. The molecule has 3 nitrogen and oxygen atoms in total. The molecule has 1 heterocycles. The van der Waals surface area contributed by atoms with Gasteiger partial charge in [-0.1, -0.05) is 41.4 Å². The van der Waals surface area contributed by atoms with E-state index in [-0.39, 0.29) is 15.6 Å². The second-order valence-electron chi connectivity index (χ2n) is 5.49. The van der Waals surface area contributed by atoms with Gasteiger partial charge in [0.05, 0.1) is 20.7 Å². The van der Waals surface area contributed by atoms with Crippen LogP contribution in [-0.2, 0) is 0 Å². The molecule has 27 heavy (non-hydrogen) atoms. The van der Waals surface area contributed by atoms with E-state index in [0.717, 1.165) is 17.4 Å². The highest BCUT2D eigenvalue weighted by Gasteiger charge is 2.25. The number of carbonyl (C=O) groups excluding carboxylic acids is 1. The Morgan fingerprint density at radius 2 is 1.93 bits per heavy atom. The second kappa shape index (κ2) is 7.88. The van der Waals surface area contributed by atoms with E-state index in [9.17, 15) is 18.0 Å². The molecular weight excluding hydrogens is 420 g/mol. The highest BCUT2D eigenvalue weighted by molar-refractivity contribution is 7.13. The van der Waals surface area contributed by atoms with Crippen LogP contribution < -0.4 is 5.32 Å². The summed E-state index contributed by atoms with van der Waals surface area (Å²) in [6, 6.07) is 8.87. The molecule has 0 saturated heterocycles. The monoisotopic (exact) mass is 430 g/mol. The minimum atomic E-state index is -2.91. The van der Waals surface area contributed by atoms with Gasteiger partial charge in [-0.15, -0.1) is 11.3 Å². The van der Waals surface area contributed by atoms with Crippen molar-refractivity contribution in [2.75, 3.05) is 5.32 Å². The van der Waals surface area contributed by atoms with Gasteiger partial charge in [-0.05, 0) is 30.7 Å². The van der Waals surface area contributed by atoms with Crippen LogP contribution in [0.5, 0.6) is 0 Å². The van der Waals surface area contributed by atoms with Crippen molar-refractivity contribution in [1.29, 1.82) is 0 Å². The molecule has 1 aromatic heterocycles. The number of para-hydroxylation sites is 1. The molecule has 0 bridgehead atoms. The number of hydrogen-bond donors (Lipinski definition) is 1. The Morgan fingerprint density at radius 1 is 1.19 bits per heavy atom. The predicted molar refractivity (Wildman–Crippen MR) is 102 cm³/mol. The number of nitrogens with one attached hydrogen (secondary N) is 1. The number of nitrogens with zero attached hydrogens (tertiary/aromatic N) is 1. The number of aryl methyl sites for hydroxylation is 1. The van der Waals surface area contributed by atoms with Gasteiger partial charge in [0.2, 0.25) is 0 Å². The summed E-state index contributed by atoms with van der Waals surface area (Å²) in [6.07, 6.45) is -2.91. The quantitative estimate of drug-likeness (QED) is 0.496. The summed E-state index contributed by atoms with van der Waals surface area (Å²) in [7, 11) is 0. The molecule has 0 saturated carbocycles. The molecule has 0 atom stereocenters. The van der Waals surface area contributed by atoms with E-state index in [1.54, 1.807) is 12.1 Å². The molecular formula is C18H11Cl2F3N2OS. The maximum Gasteiger partial charge on any atom is 0.282 e. The minimum Gasteiger partial charge on any atom is -0.318 e. The first-order chi connectivity index (χ1) is 12.8. The van der Waals surface area contributed by atoms with Crippen molar-refractivity contribution in [3.63, 3.8) is 0 Å². The van der Waals surface area contributed by atoms with Crippen LogP contribution in [0.1, 0.15) is 26.8 Å². The first kappa shape index (κ1) is 19.7. The van der Waals surface area contributed by atoms with Crippen LogP contribution >= 0.6 is 34.5 Å². The van der Waals surface area contributed by atoms with Gasteiger partial charge in [0.25, 0.3) is 12.3 Å². The summed E-state index contributed by atoms with van der Waals surface area (Å²) in [6.45, 7) is 1.51. The topological polar surface area (TPSA) is 42.0 Å². The largest absolute Gasteiger partial charge is 0.318 e. The number of carbonyl (C=O) groups is 1. The predicted octanol–water partition coefficient (Wildman–Crippen LogP) is 6.75. The maximum absolute atomic E-state index is 14.4. The number of anilines is 1. The Balaban J connectivity index is 2.03. The van der Waals surface area contributed by atoms with Crippen molar-refractivity contribution in [2.45, 2.75) is 13.3 Å². The fraction of sp³-hybridized carbons (Fsp3) is 0.111. The molecule has 2 aromatic carbocycles. The summed E-state index contributed by atoms with van der Waals surface area (Å²) in [4.78, 5) is 15.9.